The first-order valence-corrected chi connectivity index (χ1v) is 7.31. The minimum atomic E-state index is 0.187. The first kappa shape index (κ1) is 13.2. The van der Waals surface area contributed by atoms with Crippen molar-refractivity contribution < 1.29 is 0 Å². The Kier molecular flexibility index (Phi) is 4.07. The molecule has 1 aromatic heterocycles. The van der Waals surface area contributed by atoms with Crippen LogP contribution in [0.15, 0.2) is 41.8 Å². The van der Waals surface area contributed by atoms with Crippen molar-refractivity contribution in [3.8, 4) is 0 Å². The molecule has 0 aliphatic carbocycles. The molecule has 0 aliphatic heterocycles. The van der Waals surface area contributed by atoms with Gasteiger partial charge in [-0.2, -0.15) is 0 Å². The van der Waals surface area contributed by atoms with Crippen LogP contribution in [0.2, 0.25) is 0 Å². The van der Waals surface area contributed by atoms with E-state index in [0.29, 0.717) is 0 Å². The molecule has 1 aromatic carbocycles. The van der Waals surface area contributed by atoms with Gasteiger partial charge >= 0.3 is 0 Å². The molecule has 0 saturated carbocycles. The van der Waals surface area contributed by atoms with Crippen molar-refractivity contribution in [2.75, 3.05) is 11.9 Å². The Morgan fingerprint density at radius 1 is 1.06 bits per heavy atom. The van der Waals surface area contributed by atoms with Crippen LogP contribution in [0.5, 0.6) is 0 Å². The summed E-state index contributed by atoms with van der Waals surface area (Å²) in [6.45, 7) is 7.76. The molecule has 0 unspecified atom stereocenters. The van der Waals surface area contributed by atoms with Crippen molar-refractivity contribution >= 4 is 17.0 Å². The van der Waals surface area contributed by atoms with Gasteiger partial charge in [0.15, 0.2) is 0 Å². The summed E-state index contributed by atoms with van der Waals surface area (Å²) in [4.78, 5) is 1.44. The highest BCUT2D eigenvalue weighted by Crippen LogP contribution is 2.29. The lowest BCUT2D eigenvalue weighted by Gasteiger charge is -2.23. The van der Waals surface area contributed by atoms with E-state index in [1.165, 1.54) is 16.1 Å². The van der Waals surface area contributed by atoms with Gasteiger partial charge in [0.05, 0.1) is 0 Å². The van der Waals surface area contributed by atoms with E-state index >= 15 is 0 Å². The number of hydrogen-bond donors (Lipinski definition) is 1. The van der Waals surface area contributed by atoms with Gasteiger partial charge in [-0.1, -0.05) is 45.0 Å². The quantitative estimate of drug-likeness (QED) is 0.839. The third-order valence-corrected chi connectivity index (χ3v) is 3.94. The van der Waals surface area contributed by atoms with Crippen LogP contribution in [0.1, 0.15) is 31.2 Å². The molecular weight excluding hydrogens is 238 g/mol. The van der Waals surface area contributed by atoms with Gasteiger partial charge in [0, 0.05) is 17.1 Å². The Morgan fingerprint density at radius 3 is 2.50 bits per heavy atom. The maximum Gasteiger partial charge on any atom is 0.0378 e. The van der Waals surface area contributed by atoms with Crippen molar-refractivity contribution in [2.45, 2.75) is 32.6 Å². The number of nitrogens with one attached hydrogen (secondary N) is 1. The molecule has 1 N–H and O–H groups in total. The maximum absolute atomic E-state index is 3.56. The van der Waals surface area contributed by atoms with Crippen LogP contribution in [-0.4, -0.2) is 6.54 Å². The van der Waals surface area contributed by atoms with Crippen molar-refractivity contribution in [1.82, 2.24) is 0 Å². The third kappa shape index (κ3) is 3.36. The van der Waals surface area contributed by atoms with E-state index in [1.807, 2.05) is 11.3 Å². The number of rotatable bonds is 4. The van der Waals surface area contributed by atoms with E-state index < -0.39 is 0 Å². The molecule has 0 fully saturated rings. The summed E-state index contributed by atoms with van der Waals surface area (Å²) in [6, 6.07) is 12.9. The van der Waals surface area contributed by atoms with Gasteiger partial charge < -0.3 is 5.32 Å². The summed E-state index contributed by atoms with van der Waals surface area (Å²) >= 11 is 1.83. The van der Waals surface area contributed by atoms with Gasteiger partial charge in [0.1, 0.15) is 0 Å². The molecule has 0 atom stereocenters. The summed E-state index contributed by atoms with van der Waals surface area (Å²) in [6.07, 6.45) is 1.09. The molecule has 2 aromatic rings. The smallest absolute Gasteiger partial charge is 0.0378 e. The highest BCUT2D eigenvalue weighted by Gasteiger charge is 2.16. The Hall–Kier alpha value is -1.28. The fraction of sp³-hybridized carbons (Fsp3) is 0.375. The lowest BCUT2D eigenvalue weighted by molar-refractivity contribution is 0.591. The maximum atomic E-state index is 3.56. The van der Waals surface area contributed by atoms with E-state index in [1.54, 1.807) is 0 Å². The van der Waals surface area contributed by atoms with Crippen molar-refractivity contribution in [3.05, 3.63) is 52.2 Å². The fourth-order valence-corrected chi connectivity index (χ4v) is 2.78. The molecular formula is C16H21NS. The van der Waals surface area contributed by atoms with E-state index in [0.717, 1.165) is 13.0 Å². The van der Waals surface area contributed by atoms with Gasteiger partial charge in [-0.05, 0) is 34.9 Å². The molecule has 0 bridgehead atoms. The van der Waals surface area contributed by atoms with Crippen LogP contribution in [0.4, 0.5) is 5.69 Å². The van der Waals surface area contributed by atoms with Crippen LogP contribution < -0.4 is 5.32 Å². The Labute approximate surface area is 114 Å². The number of anilines is 1. The minimum absolute atomic E-state index is 0.187. The standard InChI is InChI=1S/C16H21NS/c1-16(2,3)14-8-4-5-9-15(14)17-11-10-13-7-6-12-18-13/h4-9,12,17H,10-11H2,1-3H3. The SMILES string of the molecule is CC(C)(C)c1ccccc1NCCc1cccs1. The lowest BCUT2D eigenvalue weighted by atomic mass is 9.86. The number of para-hydroxylation sites is 1. The monoisotopic (exact) mass is 259 g/mol. The summed E-state index contributed by atoms with van der Waals surface area (Å²) in [5, 5.41) is 5.70. The van der Waals surface area contributed by atoms with Crippen molar-refractivity contribution in [2.24, 2.45) is 0 Å². The largest absolute Gasteiger partial charge is 0.384 e. The Balaban J connectivity index is 2.01. The second-order valence-electron chi connectivity index (χ2n) is 5.55. The van der Waals surface area contributed by atoms with E-state index in [2.05, 4.69) is 67.9 Å². The molecule has 96 valence electrons. The molecule has 1 heterocycles. The molecule has 2 rings (SSSR count). The summed E-state index contributed by atoms with van der Waals surface area (Å²) in [5.41, 5.74) is 2.84. The normalized spacial score (nSPS) is 11.5. The number of benzene rings is 1. The van der Waals surface area contributed by atoms with E-state index in [9.17, 15) is 0 Å². The highest BCUT2D eigenvalue weighted by molar-refractivity contribution is 7.09. The van der Waals surface area contributed by atoms with Crippen LogP contribution in [0.25, 0.3) is 0 Å². The number of hydrogen-bond acceptors (Lipinski definition) is 2. The second kappa shape index (κ2) is 5.57. The third-order valence-electron chi connectivity index (χ3n) is 3.00. The molecule has 0 saturated heterocycles. The lowest BCUT2D eigenvalue weighted by Crippen LogP contribution is -2.15. The summed E-state index contributed by atoms with van der Waals surface area (Å²) < 4.78 is 0. The van der Waals surface area contributed by atoms with Gasteiger partial charge in [-0.15, -0.1) is 11.3 Å². The van der Waals surface area contributed by atoms with Gasteiger partial charge in [-0.25, -0.2) is 0 Å². The molecule has 0 spiro atoms. The molecule has 18 heavy (non-hydrogen) atoms. The summed E-state index contributed by atoms with van der Waals surface area (Å²) in [5.74, 6) is 0. The van der Waals surface area contributed by atoms with E-state index in [-0.39, 0.29) is 5.41 Å². The average molecular weight is 259 g/mol. The van der Waals surface area contributed by atoms with Crippen LogP contribution in [0, 0.1) is 0 Å². The van der Waals surface area contributed by atoms with Crippen LogP contribution in [0.3, 0.4) is 0 Å². The number of thiophene rings is 1. The average Bonchev–Trinajstić information content (AvgIpc) is 2.81. The predicted octanol–water partition coefficient (Wildman–Crippen LogP) is 4.70. The summed E-state index contributed by atoms with van der Waals surface area (Å²) in [7, 11) is 0. The minimum Gasteiger partial charge on any atom is -0.384 e. The van der Waals surface area contributed by atoms with Crippen LogP contribution in [-0.2, 0) is 11.8 Å². The topological polar surface area (TPSA) is 12.0 Å². The molecule has 0 amide bonds. The Bertz CT molecular complexity index is 480. The van der Waals surface area contributed by atoms with Gasteiger partial charge in [-0.3, -0.25) is 0 Å². The zero-order valence-electron chi connectivity index (χ0n) is 11.4. The van der Waals surface area contributed by atoms with Gasteiger partial charge in [0.2, 0.25) is 0 Å². The first-order valence-electron chi connectivity index (χ1n) is 6.43. The molecule has 0 radical (unpaired) electrons. The predicted molar refractivity (Wildman–Crippen MR) is 81.7 cm³/mol. The van der Waals surface area contributed by atoms with Gasteiger partial charge in [0.25, 0.3) is 0 Å². The van der Waals surface area contributed by atoms with Crippen molar-refractivity contribution in [1.29, 1.82) is 0 Å². The second-order valence-corrected chi connectivity index (χ2v) is 6.58. The van der Waals surface area contributed by atoms with Crippen molar-refractivity contribution in [3.63, 3.8) is 0 Å². The molecule has 0 aliphatic rings. The Morgan fingerprint density at radius 2 is 1.83 bits per heavy atom. The van der Waals surface area contributed by atoms with Crippen LogP contribution >= 0.6 is 11.3 Å². The molecule has 2 heteroatoms. The zero-order chi connectivity index (χ0) is 13.0. The fourth-order valence-electron chi connectivity index (χ4n) is 2.07. The highest BCUT2D eigenvalue weighted by atomic mass is 32.1. The van der Waals surface area contributed by atoms with E-state index in [4.69, 9.17) is 0 Å². The zero-order valence-corrected chi connectivity index (χ0v) is 12.2. The first-order chi connectivity index (χ1) is 8.57. The molecule has 1 nitrogen and oxygen atoms in total.